The number of hydrogen-bond acceptors (Lipinski definition) is 8. The Balaban J connectivity index is 1.41. The maximum Gasteiger partial charge on any atom is 0.245 e. The standard InChI is InChI=1S/C38H43FN6O4/c1-23-11-12-24(2)42-32(23)17-34(48)33-18-38(39)14-13-30(47)10-8-6-5-7-9-27-15-28(29-19-40-26(4)41-20-29)16-31-36(25(3)46)43-45(37(27)31)21-35(49)44(33)22-38/h11-12,15-16,19-20,33H,5-10,13-14,17-18,21-22H2,1-4H3/t33-,38+/m0/s1. The van der Waals surface area contributed by atoms with Crippen molar-refractivity contribution in [1.29, 1.82) is 0 Å². The number of Topliss-reactive ketones (excluding diaryl/α,β-unsaturated/α-hetero) is 3. The molecule has 0 unspecified atom stereocenters. The number of alkyl halides is 1. The highest BCUT2D eigenvalue weighted by Crippen LogP contribution is 2.37. The molecule has 1 saturated heterocycles. The second-order valence-corrected chi connectivity index (χ2v) is 13.8. The Morgan fingerprint density at radius 3 is 2.43 bits per heavy atom. The molecule has 4 aromatic rings. The lowest BCUT2D eigenvalue weighted by Crippen LogP contribution is -2.43. The van der Waals surface area contributed by atoms with Crippen LogP contribution in [0.25, 0.3) is 22.0 Å². The van der Waals surface area contributed by atoms with Gasteiger partial charge in [-0.2, -0.15) is 5.10 Å². The van der Waals surface area contributed by atoms with Crippen LogP contribution in [0, 0.1) is 20.8 Å². The van der Waals surface area contributed by atoms with E-state index in [0.29, 0.717) is 35.3 Å². The van der Waals surface area contributed by atoms with Crippen molar-refractivity contribution in [3.05, 3.63) is 70.7 Å². The van der Waals surface area contributed by atoms with Gasteiger partial charge in [-0.1, -0.05) is 18.9 Å². The normalized spacial score (nSPS) is 20.8. The zero-order valence-electron chi connectivity index (χ0n) is 28.7. The second kappa shape index (κ2) is 14.1. The summed E-state index contributed by atoms with van der Waals surface area (Å²) in [6.45, 7) is 6.41. The fraction of sp³-hybridized carbons (Fsp3) is 0.474. The number of hydrogen-bond donors (Lipinski definition) is 0. The molecule has 1 amide bonds. The number of nitrogens with zero attached hydrogens (tertiary/aromatic N) is 6. The third-order valence-corrected chi connectivity index (χ3v) is 9.92. The van der Waals surface area contributed by atoms with E-state index in [4.69, 9.17) is 0 Å². The first-order valence-electron chi connectivity index (χ1n) is 17.2. The molecule has 10 nitrogen and oxygen atoms in total. The molecule has 2 atom stereocenters. The van der Waals surface area contributed by atoms with Crippen molar-refractivity contribution < 1.29 is 23.6 Å². The number of halogens is 1. The van der Waals surface area contributed by atoms with Crippen LogP contribution in [0.4, 0.5) is 4.39 Å². The number of aryl methyl sites for hydroxylation is 4. The molecule has 0 saturated carbocycles. The van der Waals surface area contributed by atoms with Gasteiger partial charge in [0.25, 0.3) is 0 Å². The highest BCUT2D eigenvalue weighted by atomic mass is 19.1. The minimum absolute atomic E-state index is 0.000189. The molecule has 2 bridgehead atoms. The summed E-state index contributed by atoms with van der Waals surface area (Å²) in [6, 6.07) is 6.67. The lowest BCUT2D eigenvalue weighted by Gasteiger charge is -2.24. The Morgan fingerprint density at radius 2 is 1.69 bits per heavy atom. The molecule has 11 heteroatoms. The molecule has 0 aliphatic carbocycles. The van der Waals surface area contributed by atoms with E-state index in [1.54, 1.807) is 17.1 Å². The van der Waals surface area contributed by atoms with Crippen LogP contribution >= 0.6 is 0 Å². The third-order valence-electron chi connectivity index (χ3n) is 9.92. The highest BCUT2D eigenvalue weighted by molar-refractivity contribution is 6.07. The maximum absolute atomic E-state index is 16.6. The molecule has 0 spiro atoms. The molecule has 256 valence electrons. The number of ketones is 3. The van der Waals surface area contributed by atoms with Gasteiger partial charge in [0, 0.05) is 55.2 Å². The van der Waals surface area contributed by atoms with E-state index in [2.05, 4.69) is 20.1 Å². The van der Waals surface area contributed by atoms with Gasteiger partial charge in [0.1, 0.15) is 29.5 Å². The molecule has 2 aliphatic heterocycles. The number of carbonyl (C=O) groups excluding carboxylic acids is 4. The number of aromatic nitrogens is 5. The Kier molecular flexibility index (Phi) is 9.81. The summed E-state index contributed by atoms with van der Waals surface area (Å²) in [5.41, 5.74) is 3.77. The monoisotopic (exact) mass is 666 g/mol. The van der Waals surface area contributed by atoms with Crippen LogP contribution in [-0.2, 0) is 33.8 Å². The Labute approximate surface area is 285 Å². The zero-order valence-corrected chi connectivity index (χ0v) is 28.7. The van der Waals surface area contributed by atoms with Gasteiger partial charge in [0.05, 0.1) is 30.2 Å². The SMILES string of the molecule is CC(=O)c1nn2c3c(cc(-c4cnc(C)nc4)cc13)CCCCCCC(=O)CC[C@@]1(F)C[C@@H](C(=O)Cc3nc(C)ccc3C)N(C1)C(=O)C2. The summed E-state index contributed by atoms with van der Waals surface area (Å²) in [6.07, 6.45) is 7.62. The molecule has 49 heavy (non-hydrogen) atoms. The Bertz CT molecular complexity index is 1940. The minimum Gasteiger partial charge on any atom is -0.328 e. The molecule has 6 rings (SSSR count). The van der Waals surface area contributed by atoms with E-state index in [0.717, 1.165) is 53.6 Å². The van der Waals surface area contributed by atoms with Crippen molar-refractivity contribution in [1.82, 2.24) is 29.6 Å². The fourth-order valence-electron chi connectivity index (χ4n) is 7.19. The van der Waals surface area contributed by atoms with Gasteiger partial charge in [-0.3, -0.25) is 28.8 Å². The van der Waals surface area contributed by atoms with Gasteiger partial charge in [-0.25, -0.2) is 14.4 Å². The lowest BCUT2D eigenvalue weighted by molar-refractivity contribution is -0.138. The summed E-state index contributed by atoms with van der Waals surface area (Å²) in [4.78, 5) is 68.4. The molecule has 2 aliphatic rings. The smallest absolute Gasteiger partial charge is 0.245 e. The van der Waals surface area contributed by atoms with E-state index < -0.39 is 17.6 Å². The summed E-state index contributed by atoms with van der Waals surface area (Å²) >= 11 is 0. The number of carbonyl (C=O) groups is 4. The highest BCUT2D eigenvalue weighted by Gasteiger charge is 2.49. The Morgan fingerprint density at radius 1 is 0.959 bits per heavy atom. The van der Waals surface area contributed by atoms with E-state index in [1.165, 1.54) is 11.8 Å². The van der Waals surface area contributed by atoms with Crippen LogP contribution in [0.5, 0.6) is 0 Å². The predicted octanol–water partition coefficient (Wildman–Crippen LogP) is 5.99. The summed E-state index contributed by atoms with van der Waals surface area (Å²) in [7, 11) is 0. The number of amides is 1. The average molecular weight is 667 g/mol. The Hall–Kier alpha value is -4.67. The first-order valence-corrected chi connectivity index (χ1v) is 17.2. The van der Waals surface area contributed by atoms with Gasteiger partial charge in [0.15, 0.2) is 11.6 Å². The number of rotatable bonds is 5. The first-order chi connectivity index (χ1) is 23.4. The van der Waals surface area contributed by atoms with Gasteiger partial charge < -0.3 is 4.90 Å². The van der Waals surface area contributed by atoms with E-state index in [9.17, 15) is 19.2 Å². The molecular formula is C38H43FN6O4. The van der Waals surface area contributed by atoms with E-state index in [-0.39, 0.29) is 61.8 Å². The van der Waals surface area contributed by atoms with Crippen molar-refractivity contribution >= 4 is 34.2 Å². The van der Waals surface area contributed by atoms with Crippen molar-refractivity contribution in [2.24, 2.45) is 0 Å². The van der Waals surface area contributed by atoms with Gasteiger partial charge in [-0.05, 0) is 81.3 Å². The molecule has 3 aromatic heterocycles. The third kappa shape index (κ3) is 7.50. The fourth-order valence-corrected chi connectivity index (χ4v) is 7.19. The maximum atomic E-state index is 16.6. The number of pyridine rings is 1. The summed E-state index contributed by atoms with van der Waals surface area (Å²) in [5.74, 6) is -0.367. The molecule has 1 aromatic carbocycles. The van der Waals surface area contributed by atoms with Crippen molar-refractivity contribution in [3.63, 3.8) is 0 Å². The first kappa shape index (κ1) is 34.2. The molecule has 1 fully saturated rings. The van der Waals surface area contributed by atoms with Crippen LogP contribution < -0.4 is 0 Å². The van der Waals surface area contributed by atoms with Gasteiger partial charge in [0.2, 0.25) is 5.91 Å². The van der Waals surface area contributed by atoms with Crippen molar-refractivity contribution in [2.45, 2.75) is 110 Å². The quantitative estimate of drug-likeness (QED) is 0.238. The van der Waals surface area contributed by atoms with Gasteiger partial charge >= 0.3 is 0 Å². The molecule has 5 heterocycles. The lowest BCUT2D eigenvalue weighted by atomic mass is 9.92. The van der Waals surface area contributed by atoms with E-state index in [1.807, 2.05) is 45.0 Å². The average Bonchev–Trinajstić information content (AvgIpc) is 3.62. The second-order valence-electron chi connectivity index (χ2n) is 13.8. The van der Waals surface area contributed by atoms with Crippen LogP contribution in [0.1, 0.15) is 97.1 Å². The van der Waals surface area contributed by atoms with Crippen LogP contribution in [0.15, 0.2) is 36.7 Å². The largest absolute Gasteiger partial charge is 0.328 e. The van der Waals surface area contributed by atoms with Gasteiger partial charge in [-0.15, -0.1) is 0 Å². The summed E-state index contributed by atoms with van der Waals surface area (Å²) < 4.78 is 18.1. The van der Waals surface area contributed by atoms with Crippen LogP contribution in [0.2, 0.25) is 0 Å². The topological polar surface area (TPSA) is 128 Å². The van der Waals surface area contributed by atoms with Crippen LogP contribution in [0.3, 0.4) is 0 Å². The molecule has 0 radical (unpaired) electrons. The zero-order chi connectivity index (χ0) is 34.9. The number of fused-ring (bicyclic) bond motifs is 2. The summed E-state index contributed by atoms with van der Waals surface area (Å²) in [5, 5.41) is 5.28. The molecular weight excluding hydrogens is 623 g/mol. The number of benzene rings is 1. The van der Waals surface area contributed by atoms with Crippen molar-refractivity contribution in [2.75, 3.05) is 6.54 Å². The minimum atomic E-state index is -1.89. The predicted molar refractivity (Wildman–Crippen MR) is 183 cm³/mol. The van der Waals surface area contributed by atoms with Crippen molar-refractivity contribution in [3.8, 4) is 11.1 Å². The van der Waals surface area contributed by atoms with E-state index >= 15 is 4.39 Å². The van der Waals surface area contributed by atoms with Crippen LogP contribution in [-0.4, -0.2) is 71.1 Å². The molecule has 0 N–H and O–H groups in total.